The Hall–Kier alpha value is -2.77. The lowest BCUT2D eigenvalue weighted by Gasteiger charge is -2.34. The molecule has 0 unspecified atom stereocenters. The molecule has 3 amide bonds. The number of hydrogen-bond acceptors (Lipinski definition) is 5. The minimum absolute atomic E-state index is 0.0120. The largest absolute Gasteiger partial charge is 0.486 e. The Bertz CT molecular complexity index is 728. The predicted molar refractivity (Wildman–Crippen MR) is 98.9 cm³/mol. The van der Waals surface area contributed by atoms with Gasteiger partial charge in [-0.05, 0) is 12.1 Å². The van der Waals surface area contributed by atoms with Gasteiger partial charge < -0.3 is 24.2 Å². The van der Waals surface area contributed by atoms with Crippen molar-refractivity contribution in [2.45, 2.75) is 20.3 Å². The summed E-state index contributed by atoms with van der Waals surface area (Å²) in [6.07, 6.45) is 0.230. The number of amides is 3. The van der Waals surface area contributed by atoms with Crippen molar-refractivity contribution >= 4 is 23.4 Å². The number of carbonyl (C=O) groups is 3. The summed E-state index contributed by atoms with van der Waals surface area (Å²) in [5.41, 5.74) is 0.681. The van der Waals surface area contributed by atoms with Gasteiger partial charge in [0.2, 0.25) is 17.7 Å². The highest BCUT2D eigenvalue weighted by molar-refractivity contribution is 5.92. The summed E-state index contributed by atoms with van der Waals surface area (Å²) in [7, 11) is 0. The van der Waals surface area contributed by atoms with Gasteiger partial charge in [-0.2, -0.15) is 0 Å². The molecule has 27 heavy (non-hydrogen) atoms. The average molecular weight is 375 g/mol. The van der Waals surface area contributed by atoms with E-state index in [1.165, 1.54) is 13.8 Å². The molecule has 2 aliphatic rings. The van der Waals surface area contributed by atoms with Crippen molar-refractivity contribution in [2.75, 3.05) is 50.8 Å². The maximum Gasteiger partial charge on any atom is 0.224 e. The van der Waals surface area contributed by atoms with Gasteiger partial charge >= 0.3 is 0 Å². The number of anilines is 1. The van der Waals surface area contributed by atoms with Gasteiger partial charge in [-0.3, -0.25) is 14.4 Å². The first-order valence-corrected chi connectivity index (χ1v) is 9.17. The molecule has 0 atom stereocenters. The van der Waals surface area contributed by atoms with E-state index in [9.17, 15) is 14.4 Å². The van der Waals surface area contributed by atoms with Crippen LogP contribution in [0, 0.1) is 0 Å². The SMILES string of the molecule is CC(=O)N1CCN(C(=O)CCN(C(C)=O)c2ccc3c(c2)OCCO3)CC1. The molecule has 3 rings (SSSR count). The van der Waals surface area contributed by atoms with Crippen molar-refractivity contribution < 1.29 is 23.9 Å². The Morgan fingerprint density at radius 3 is 2.22 bits per heavy atom. The van der Waals surface area contributed by atoms with Gasteiger partial charge in [-0.1, -0.05) is 0 Å². The second-order valence-corrected chi connectivity index (χ2v) is 6.64. The number of piperazine rings is 1. The third-order valence-corrected chi connectivity index (χ3v) is 4.84. The van der Waals surface area contributed by atoms with Crippen LogP contribution in [0.25, 0.3) is 0 Å². The number of rotatable bonds is 4. The summed E-state index contributed by atoms with van der Waals surface area (Å²) in [5.74, 6) is 1.15. The predicted octanol–water partition coefficient (Wildman–Crippen LogP) is 0.891. The van der Waals surface area contributed by atoms with Crippen LogP contribution in [-0.2, 0) is 14.4 Å². The Labute approximate surface area is 158 Å². The van der Waals surface area contributed by atoms with E-state index in [4.69, 9.17) is 9.47 Å². The van der Waals surface area contributed by atoms with Crippen LogP contribution in [0.2, 0.25) is 0 Å². The molecule has 0 saturated carbocycles. The number of nitrogens with zero attached hydrogens (tertiary/aromatic N) is 3. The molecule has 0 bridgehead atoms. The minimum atomic E-state index is -0.138. The lowest BCUT2D eigenvalue weighted by atomic mass is 10.2. The van der Waals surface area contributed by atoms with E-state index in [0.29, 0.717) is 63.1 Å². The molecule has 2 heterocycles. The zero-order valence-electron chi connectivity index (χ0n) is 15.8. The number of fused-ring (bicyclic) bond motifs is 1. The zero-order valence-corrected chi connectivity index (χ0v) is 15.8. The Morgan fingerprint density at radius 1 is 0.963 bits per heavy atom. The van der Waals surface area contributed by atoms with Gasteiger partial charge in [0, 0.05) is 64.7 Å². The normalized spacial score (nSPS) is 16.1. The van der Waals surface area contributed by atoms with E-state index in [1.807, 2.05) is 0 Å². The fourth-order valence-electron chi connectivity index (χ4n) is 3.30. The van der Waals surface area contributed by atoms with Gasteiger partial charge in [0.15, 0.2) is 11.5 Å². The Kier molecular flexibility index (Phi) is 5.83. The molecule has 0 aliphatic carbocycles. The van der Waals surface area contributed by atoms with Crippen LogP contribution >= 0.6 is 0 Å². The first-order chi connectivity index (χ1) is 13.0. The first-order valence-electron chi connectivity index (χ1n) is 9.17. The maximum absolute atomic E-state index is 12.5. The summed E-state index contributed by atoms with van der Waals surface area (Å²) in [4.78, 5) is 41.1. The molecule has 1 saturated heterocycles. The van der Waals surface area contributed by atoms with Gasteiger partial charge in [0.1, 0.15) is 13.2 Å². The number of benzene rings is 1. The monoisotopic (exact) mass is 375 g/mol. The third-order valence-electron chi connectivity index (χ3n) is 4.84. The van der Waals surface area contributed by atoms with Crippen LogP contribution in [0.3, 0.4) is 0 Å². The fraction of sp³-hybridized carbons (Fsp3) is 0.526. The smallest absolute Gasteiger partial charge is 0.224 e. The van der Waals surface area contributed by atoms with E-state index < -0.39 is 0 Å². The second kappa shape index (κ2) is 8.28. The lowest BCUT2D eigenvalue weighted by molar-refractivity contribution is -0.138. The Morgan fingerprint density at radius 2 is 1.59 bits per heavy atom. The van der Waals surface area contributed by atoms with E-state index >= 15 is 0 Å². The summed E-state index contributed by atoms with van der Waals surface area (Å²) in [6.45, 7) is 6.46. The quantitative estimate of drug-likeness (QED) is 0.781. The molecule has 0 spiro atoms. The second-order valence-electron chi connectivity index (χ2n) is 6.64. The van der Waals surface area contributed by atoms with E-state index in [1.54, 1.807) is 32.9 Å². The molecule has 8 nitrogen and oxygen atoms in total. The first kappa shape index (κ1) is 19.0. The molecule has 1 aromatic carbocycles. The van der Waals surface area contributed by atoms with Crippen LogP contribution in [0.15, 0.2) is 18.2 Å². The van der Waals surface area contributed by atoms with Crippen LogP contribution in [0.1, 0.15) is 20.3 Å². The van der Waals surface area contributed by atoms with Crippen molar-refractivity contribution in [1.29, 1.82) is 0 Å². The molecular weight excluding hydrogens is 350 g/mol. The van der Waals surface area contributed by atoms with Gasteiger partial charge in [-0.25, -0.2) is 0 Å². The summed E-state index contributed by atoms with van der Waals surface area (Å²) >= 11 is 0. The van der Waals surface area contributed by atoms with E-state index in [0.717, 1.165) is 0 Å². The van der Waals surface area contributed by atoms with Crippen LogP contribution in [0.5, 0.6) is 11.5 Å². The standard InChI is InChI=1S/C19H25N3O5/c1-14(23)20-7-9-21(10-8-20)19(25)5-6-22(15(2)24)16-3-4-17-18(13-16)27-12-11-26-17/h3-4,13H,5-12H2,1-2H3. The maximum atomic E-state index is 12.5. The van der Waals surface area contributed by atoms with Crippen molar-refractivity contribution in [1.82, 2.24) is 9.80 Å². The highest BCUT2D eigenvalue weighted by atomic mass is 16.6. The third kappa shape index (κ3) is 4.50. The van der Waals surface area contributed by atoms with E-state index in [2.05, 4.69) is 0 Å². The van der Waals surface area contributed by atoms with Crippen molar-refractivity contribution in [3.05, 3.63) is 18.2 Å². The summed E-state index contributed by atoms with van der Waals surface area (Å²) in [5, 5.41) is 0. The van der Waals surface area contributed by atoms with Crippen molar-refractivity contribution in [2.24, 2.45) is 0 Å². The molecule has 146 valence electrons. The van der Waals surface area contributed by atoms with Crippen LogP contribution in [-0.4, -0.2) is 73.5 Å². The number of hydrogen-bond donors (Lipinski definition) is 0. The molecule has 8 heteroatoms. The lowest BCUT2D eigenvalue weighted by Crippen LogP contribution is -2.50. The molecule has 0 N–H and O–H groups in total. The highest BCUT2D eigenvalue weighted by Gasteiger charge is 2.24. The Balaban J connectivity index is 1.60. The number of carbonyl (C=O) groups excluding carboxylic acids is 3. The molecule has 0 aromatic heterocycles. The molecule has 1 fully saturated rings. The summed E-state index contributed by atoms with van der Waals surface area (Å²) in [6, 6.07) is 5.35. The highest BCUT2D eigenvalue weighted by Crippen LogP contribution is 2.34. The van der Waals surface area contributed by atoms with Gasteiger partial charge in [0.25, 0.3) is 0 Å². The summed E-state index contributed by atoms with van der Waals surface area (Å²) < 4.78 is 11.1. The van der Waals surface area contributed by atoms with Crippen molar-refractivity contribution in [3.63, 3.8) is 0 Å². The zero-order chi connectivity index (χ0) is 19.4. The average Bonchev–Trinajstić information content (AvgIpc) is 2.67. The number of ether oxygens (including phenoxy) is 2. The minimum Gasteiger partial charge on any atom is -0.486 e. The van der Waals surface area contributed by atoms with E-state index in [-0.39, 0.29) is 24.1 Å². The van der Waals surface area contributed by atoms with Crippen molar-refractivity contribution in [3.8, 4) is 11.5 Å². The van der Waals surface area contributed by atoms with Gasteiger partial charge in [0.05, 0.1) is 0 Å². The molecule has 1 aromatic rings. The van der Waals surface area contributed by atoms with Crippen LogP contribution < -0.4 is 14.4 Å². The van der Waals surface area contributed by atoms with Gasteiger partial charge in [-0.15, -0.1) is 0 Å². The molecular formula is C19H25N3O5. The fourth-order valence-corrected chi connectivity index (χ4v) is 3.30. The molecule has 0 radical (unpaired) electrons. The van der Waals surface area contributed by atoms with Crippen LogP contribution in [0.4, 0.5) is 5.69 Å². The topological polar surface area (TPSA) is 79.4 Å². The molecule has 2 aliphatic heterocycles.